The molecule has 1 atom stereocenters. The largest absolute Gasteiger partial charge is 0.416 e. The van der Waals surface area contributed by atoms with E-state index in [2.05, 4.69) is 10.6 Å². The van der Waals surface area contributed by atoms with Crippen molar-refractivity contribution in [1.29, 1.82) is 0 Å². The summed E-state index contributed by atoms with van der Waals surface area (Å²) < 4.78 is 51.1. The van der Waals surface area contributed by atoms with Crippen molar-refractivity contribution < 1.29 is 27.2 Å². The van der Waals surface area contributed by atoms with E-state index in [4.69, 9.17) is 0 Å². The van der Waals surface area contributed by atoms with E-state index in [0.29, 0.717) is 12.2 Å². The average molecular weight is 395 g/mol. The van der Waals surface area contributed by atoms with Crippen LogP contribution in [0.15, 0.2) is 48.5 Å². The zero-order chi connectivity index (χ0) is 20.3. The van der Waals surface area contributed by atoms with Gasteiger partial charge in [0, 0.05) is 36.8 Å². The van der Waals surface area contributed by atoms with Gasteiger partial charge in [-0.05, 0) is 42.5 Å². The number of anilines is 2. The second-order valence-corrected chi connectivity index (χ2v) is 6.46. The van der Waals surface area contributed by atoms with Crippen molar-refractivity contribution in [3.05, 3.63) is 59.9 Å². The van der Waals surface area contributed by atoms with Gasteiger partial charge in [0.1, 0.15) is 5.82 Å². The Morgan fingerprint density at radius 2 is 1.86 bits per heavy atom. The van der Waals surface area contributed by atoms with Crippen LogP contribution in [0.25, 0.3) is 0 Å². The van der Waals surface area contributed by atoms with Crippen LogP contribution in [-0.2, 0) is 11.0 Å². The van der Waals surface area contributed by atoms with E-state index in [1.54, 1.807) is 0 Å². The molecule has 0 unspecified atom stereocenters. The van der Waals surface area contributed by atoms with E-state index in [-0.39, 0.29) is 30.5 Å². The summed E-state index contributed by atoms with van der Waals surface area (Å²) in [5.74, 6) is -0.707. The van der Waals surface area contributed by atoms with E-state index in [0.717, 1.165) is 12.1 Å². The molecule has 0 bridgehead atoms. The number of urea groups is 1. The van der Waals surface area contributed by atoms with Gasteiger partial charge in [-0.2, -0.15) is 13.2 Å². The second-order valence-electron chi connectivity index (χ2n) is 6.46. The molecule has 2 N–H and O–H groups in total. The Kier molecular flexibility index (Phi) is 5.53. The van der Waals surface area contributed by atoms with Gasteiger partial charge < -0.3 is 15.5 Å². The van der Waals surface area contributed by atoms with Crippen LogP contribution in [0.5, 0.6) is 0 Å². The molecule has 0 saturated carbocycles. The lowest BCUT2D eigenvalue weighted by molar-refractivity contribution is -0.137. The lowest BCUT2D eigenvalue weighted by atomic mass is 10.1. The van der Waals surface area contributed by atoms with Gasteiger partial charge in [0.15, 0.2) is 0 Å². The molecular weight excluding hydrogens is 378 g/mol. The molecule has 2 aromatic carbocycles. The maximum Gasteiger partial charge on any atom is 0.416 e. The van der Waals surface area contributed by atoms with Crippen LogP contribution in [0.3, 0.4) is 0 Å². The van der Waals surface area contributed by atoms with Gasteiger partial charge in [0.05, 0.1) is 5.56 Å². The highest BCUT2D eigenvalue weighted by molar-refractivity contribution is 5.96. The fraction of sp³-hybridized carbons (Fsp3) is 0.263. The van der Waals surface area contributed by atoms with Crippen LogP contribution in [0.2, 0.25) is 0 Å². The third-order valence-electron chi connectivity index (χ3n) is 4.34. The molecule has 0 aliphatic carbocycles. The molecule has 0 radical (unpaired) electrons. The van der Waals surface area contributed by atoms with Gasteiger partial charge in [-0.1, -0.05) is 6.07 Å². The highest BCUT2D eigenvalue weighted by Gasteiger charge is 2.31. The molecule has 1 heterocycles. The van der Waals surface area contributed by atoms with Crippen molar-refractivity contribution >= 4 is 23.3 Å². The SMILES string of the molecule is O=C(NC[C@@H]1CC(=O)N(c2ccc(F)cc2)C1)Nc1cccc(C(F)(F)F)c1. The lowest BCUT2D eigenvalue weighted by Crippen LogP contribution is -2.34. The van der Waals surface area contributed by atoms with E-state index >= 15 is 0 Å². The number of carbonyl (C=O) groups is 2. The minimum Gasteiger partial charge on any atom is -0.338 e. The van der Waals surface area contributed by atoms with E-state index in [1.165, 1.54) is 41.3 Å². The quantitative estimate of drug-likeness (QED) is 0.769. The molecule has 9 heteroatoms. The van der Waals surface area contributed by atoms with Gasteiger partial charge in [0.2, 0.25) is 5.91 Å². The zero-order valence-electron chi connectivity index (χ0n) is 14.6. The molecule has 2 aromatic rings. The topological polar surface area (TPSA) is 61.4 Å². The van der Waals surface area contributed by atoms with Crippen LogP contribution in [0, 0.1) is 11.7 Å². The van der Waals surface area contributed by atoms with Crippen LogP contribution in [0.4, 0.5) is 33.7 Å². The maximum atomic E-state index is 13.0. The summed E-state index contributed by atoms with van der Waals surface area (Å²) in [7, 11) is 0. The molecule has 1 aliphatic heterocycles. The number of hydrogen-bond acceptors (Lipinski definition) is 2. The Bertz CT molecular complexity index is 868. The smallest absolute Gasteiger partial charge is 0.338 e. The standard InChI is InChI=1S/C19H17F4N3O2/c20-14-4-6-16(7-5-14)26-11-12(8-17(26)27)10-24-18(28)25-15-3-1-2-13(9-15)19(21,22)23/h1-7,9,12H,8,10-11H2,(H2,24,25,28)/t12-/m0/s1. The van der Waals surface area contributed by atoms with Crippen molar-refractivity contribution in [3.8, 4) is 0 Å². The Labute approximate surface area is 158 Å². The number of nitrogens with zero attached hydrogens (tertiary/aromatic N) is 1. The first kappa shape index (κ1) is 19.7. The molecule has 1 saturated heterocycles. The van der Waals surface area contributed by atoms with Crippen LogP contribution >= 0.6 is 0 Å². The molecule has 148 valence electrons. The molecule has 0 aromatic heterocycles. The number of alkyl halides is 3. The number of rotatable bonds is 4. The van der Waals surface area contributed by atoms with Crippen LogP contribution < -0.4 is 15.5 Å². The maximum absolute atomic E-state index is 13.0. The fourth-order valence-electron chi connectivity index (χ4n) is 2.97. The van der Waals surface area contributed by atoms with Gasteiger partial charge in [-0.15, -0.1) is 0 Å². The molecular formula is C19H17F4N3O2. The Hall–Kier alpha value is -3.10. The Balaban J connectivity index is 1.53. The monoisotopic (exact) mass is 395 g/mol. The van der Waals surface area contributed by atoms with Crippen molar-refractivity contribution in [2.45, 2.75) is 12.6 Å². The number of nitrogens with one attached hydrogen (secondary N) is 2. The Morgan fingerprint density at radius 3 is 2.54 bits per heavy atom. The number of amides is 3. The first-order valence-corrected chi connectivity index (χ1v) is 8.50. The summed E-state index contributed by atoms with van der Waals surface area (Å²) in [6.07, 6.45) is -4.29. The van der Waals surface area contributed by atoms with Gasteiger partial charge in [-0.3, -0.25) is 4.79 Å². The molecule has 1 fully saturated rings. The summed E-state index contributed by atoms with van der Waals surface area (Å²) in [6.45, 7) is 0.530. The molecule has 1 aliphatic rings. The minimum atomic E-state index is -4.50. The summed E-state index contributed by atoms with van der Waals surface area (Å²) in [5, 5.41) is 4.91. The number of carbonyl (C=O) groups excluding carboxylic acids is 2. The first-order valence-electron chi connectivity index (χ1n) is 8.50. The molecule has 28 heavy (non-hydrogen) atoms. The highest BCUT2D eigenvalue weighted by Crippen LogP contribution is 2.30. The van der Waals surface area contributed by atoms with E-state index in [1.807, 2.05) is 0 Å². The summed E-state index contributed by atoms with van der Waals surface area (Å²) in [6, 6.07) is 9.18. The Morgan fingerprint density at radius 1 is 1.14 bits per heavy atom. The zero-order valence-corrected chi connectivity index (χ0v) is 14.6. The third kappa shape index (κ3) is 4.79. The van der Waals surface area contributed by atoms with Crippen molar-refractivity contribution in [1.82, 2.24) is 5.32 Å². The van der Waals surface area contributed by atoms with Gasteiger partial charge in [0.25, 0.3) is 0 Å². The van der Waals surface area contributed by atoms with Crippen molar-refractivity contribution in [2.75, 3.05) is 23.3 Å². The summed E-state index contributed by atoms with van der Waals surface area (Å²) in [5.41, 5.74) is -0.272. The second kappa shape index (κ2) is 7.87. The minimum absolute atomic E-state index is 0.0164. The summed E-state index contributed by atoms with van der Waals surface area (Å²) >= 11 is 0. The highest BCUT2D eigenvalue weighted by atomic mass is 19.4. The van der Waals surface area contributed by atoms with Crippen LogP contribution in [0.1, 0.15) is 12.0 Å². The third-order valence-corrected chi connectivity index (χ3v) is 4.34. The molecule has 3 amide bonds. The predicted octanol–water partition coefficient (Wildman–Crippen LogP) is 4.02. The predicted molar refractivity (Wildman–Crippen MR) is 95.3 cm³/mol. The van der Waals surface area contributed by atoms with Crippen molar-refractivity contribution in [3.63, 3.8) is 0 Å². The lowest BCUT2D eigenvalue weighted by Gasteiger charge is -2.17. The normalized spacial score (nSPS) is 16.9. The van der Waals surface area contributed by atoms with Crippen molar-refractivity contribution in [2.24, 2.45) is 5.92 Å². The van der Waals surface area contributed by atoms with Gasteiger partial charge >= 0.3 is 12.2 Å². The fourth-order valence-corrected chi connectivity index (χ4v) is 2.97. The number of halogens is 4. The van der Waals surface area contributed by atoms with E-state index < -0.39 is 23.6 Å². The summed E-state index contributed by atoms with van der Waals surface area (Å²) in [4.78, 5) is 25.6. The molecule has 3 rings (SSSR count). The molecule has 0 spiro atoms. The number of benzene rings is 2. The van der Waals surface area contributed by atoms with Gasteiger partial charge in [-0.25, -0.2) is 9.18 Å². The van der Waals surface area contributed by atoms with E-state index in [9.17, 15) is 27.2 Å². The molecule has 5 nitrogen and oxygen atoms in total. The first-order chi connectivity index (χ1) is 13.2. The number of hydrogen-bond donors (Lipinski definition) is 2. The van der Waals surface area contributed by atoms with Crippen LogP contribution in [-0.4, -0.2) is 25.0 Å². The average Bonchev–Trinajstić information content (AvgIpc) is 3.01.